The lowest BCUT2D eigenvalue weighted by atomic mass is 9.95. The van der Waals surface area contributed by atoms with Crippen LogP contribution in [0.2, 0.25) is 10.0 Å². The van der Waals surface area contributed by atoms with E-state index in [0.29, 0.717) is 16.5 Å². The number of aromatic nitrogens is 1. The molecule has 5 heteroatoms. The van der Waals surface area contributed by atoms with Crippen LogP contribution in [0.1, 0.15) is 12.0 Å². The highest BCUT2D eigenvalue weighted by atomic mass is 35.5. The van der Waals surface area contributed by atoms with Gasteiger partial charge in [-0.1, -0.05) is 29.3 Å². The predicted molar refractivity (Wildman–Crippen MR) is 84.5 cm³/mol. The third kappa shape index (κ3) is 2.89. The van der Waals surface area contributed by atoms with E-state index in [4.69, 9.17) is 23.2 Å². The minimum Gasteiger partial charge on any atom is -0.356 e. The van der Waals surface area contributed by atoms with Gasteiger partial charge < -0.3 is 5.32 Å². The summed E-state index contributed by atoms with van der Waals surface area (Å²) in [6.07, 6.45) is 4.90. The zero-order chi connectivity index (χ0) is 14.8. The molecular formula is C16H14Cl2N2O. The second-order valence-corrected chi connectivity index (χ2v) is 5.90. The number of halogens is 2. The number of carbonyl (C=O) groups excluding carboxylic acids is 1. The second kappa shape index (κ2) is 6.04. The van der Waals surface area contributed by atoms with E-state index in [-0.39, 0.29) is 11.8 Å². The Morgan fingerprint density at radius 1 is 1.19 bits per heavy atom. The Morgan fingerprint density at radius 2 is 1.95 bits per heavy atom. The largest absolute Gasteiger partial charge is 0.356 e. The van der Waals surface area contributed by atoms with Gasteiger partial charge >= 0.3 is 0 Å². The first kappa shape index (κ1) is 14.4. The summed E-state index contributed by atoms with van der Waals surface area (Å²) >= 11 is 12.8. The number of nitrogens with one attached hydrogen (secondary N) is 1. The minimum atomic E-state index is -0.00559. The number of amides is 1. The van der Waals surface area contributed by atoms with Crippen molar-refractivity contribution >= 4 is 29.1 Å². The van der Waals surface area contributed by atoms with Crippen molar-refractivity contribution in [3.05, 3.63) is 52.3 Å². The van der Waals surface area contributed by atoms with Gasteiger partial charge in [0.15, 0.2) is 0 Å². The van der Waals surface area contributed by atoms with Crippen LogP contribution < -0.4 is 5.32 Å². The van der Waals surface area contributed by atoms with E-state index in [1.165, 1.54) is 0 Å². The van der Waals surface area contributed by atoms with Crippen LogP contribution in [0.25, 0.3) is 11.1 Å². The molecule has 2 heterocycles. The number of hydrogen-bond acceptors (Lipinski definition) is 2. The van der Waals surface area contributed by atoms with Crippen molar-refractivity contribution in [3.8, 4) is 11.1 Å². The van der Waals surface area contributed by atoms with Gasteiger partial charge in [-0.25, -0.2) is 0 Å². The van der Waals surface area contributed by atoms with Crippen molar-refractivity contribution in [2.75, 3.05) is 6.54 Å². The van der Waals surface area contributed by atoms with Crippen LogP contribution in [-0.4, -0.2) is 17.4 Å². The SMILES string of the molecule is O=C1NCCC1Cc1ccc(Cl)c(-c2ccncc2)c1Cl. The summed E-state index contributed by atoms with van der Waals surface area (Å²) in [5, 5.41) is 4.07. The quantitative estimate of drug-likeness (QED) is 0.936. The lowest BCUT2D eigenvalue weighted by molar-refractivity contribution is -0.122. The van der Waals surface area contributed by atoms with Crippen molar-refractivity contribution in [3.63, 3.8) is 0 Å². The van der Waals surface area contributed by atoms with Crippen molar-refractivity contribution in [1.29, 1.82) is 0 Å². The minimum absolute atomic E-state index is 0.00559. The van der Waals surface area contributed by atoms with E-state index < -0.39 is 0 Å². The Morgan fingerprint density at radius 3 is 2.62 bits per heavy atom. The van der Waals surface area contributed by atoms with E-state index in [9.17, 15) is 4.79 Å². The van der Waals surface area contributed by atoms with Gasteiger partial charge in [-0.05, 0) is 42.2 Å². The van der Waals surface area contributed by atoms with Crippen LogP contribution in [0.15, 0.2) is 36.7 Å². The summed E-state index contributed by atoms with van der Waals surface area (Å²) in [7, 11) is 0. The molecular weight excluding hydrogens is 307 g/mol. The van der Waals surface area contributed by atoms with E-state index in [2.05, 4.69) is 10.3 Å². The molecule has 1 aliphatic heterocycles. The van der Waals surface area contributed by atoms with Crippen molar-refractivity contribution < 1.29 is 4.79 Å². The molecule has 1 atom stereocenters. The highest BCUT2D eigenvalue weighted by molar-refractivity contribution is 6.39. The molecule has 1 amide bonds. The van der Waals surface area contributed by atoms with Crippen molar-refractivity contribution in [2.45, 2.75) is 12.8 Å². The van der Waals surface area contributed by atoms with Crippen LogP contribution in [0.3, 0.4) is 0 Å². The summed E-state index contributed by atoms with van der Waals surface area (Å²) < 4.78 is 0. The maximum Gasteiger partial charge on any atom is 0.223 e. The fourth-order valence-electron chi connectivity index (χ4n) is 2.64. The van der Waals surface area contributed by atoms with Gasteiger partial charge in [-0.3, -0.25) is 9.78 Å². The van der Waals surface area contributed by atoms with Crippen LogP contribution in [0.4, 0.5) is 0 Å². The first-order valence-corrected chi connectivity index (χ1v) is 7.57. The van der Waals surface area contributed by atoms with Gasteiger partial charge in [0.2, 0.25) is 5.91 Å². The fourth-order valence-corrected chi connectivity index (χ4v) is 3.31. The highest BCUT2D eigenvalue weighted by Crippen LogP contribution is 2.37. The molecule has 1 unspecified atom stereocenters. The molecule has 1 saturated heterocycles. The Balaban J connectivity index is 1.98. The van der Waals surface area contributed by atoms with Gasteiger partial charge in [0, 0.05) is 35.4 Å². The maximum atomic E-state index is 11.7. The molecule has 3 rings (SSSR count). The lowest BCUT2D eigenvalue weighted by Gasteiger charge is -2.14. The monoisotopic (exact) mass is 320 g/mol. The Kier molecular flexibility index (Phi) is 4.13. The van der Waals surface area contributed by atoms with Crippen LogP contribution in [-0.2, 0) is 11.2 Å². The summed E-state index contributed by atoms with van der Waals surface area (Å²) in [6, 6.07) is 7.49. The average molecular weight is 321 g/mol. The van der Waals surface area contributed by atoms with Gasteiger partial charge in [-0.15, -0.1) is 0 Å². The average Bonchev–Trinajstić information content (AvgIpc) is 2.89. The van der Waals surface area contributed by atoms with Gasteiger partial charge in [0.25, 0.3) is 0 Å². The molecule has 1 N–H and O–H groups in total. The number of carbonyl (C=O) groups is 1. The van der Waals surface area contributed by atoms with Crippen LogP contribution in [0.5, 0.6) is 0 Å². The molecule has 1 aromatic heterocycles. The standard InChI is InChI=1S/C16H14Cl2N2O/c17-13-2-1-11(9-12-5-8-20-16(12)21)15(18)14(13)10-3-6-19-7-4-10/h1-4,6-7,12H,5,8-9H2,(H,20,21). The normalized spacial score (nSPS) is 17.8. The van der Waals surface area contributed by atoms with Gasteiger partial charge in [0.1, 0.15) is 0 Å². The fraction of sp³-hybridized carbons (Fsp3) is 0.250. The number of nitrogens with zero attached hydrogens (tertiary/aromatic N) is 1. The lowest BCUT2D eigenvalue weighted by Crippen LogP contribution is -2.20. The van der Waals surface area contributed by atoms with E-state index >= 15 is 0 Å². The van der Waals surface area contributed by atoms with Crippen molar-refractivity contribution in [2.24, 2.45) is 5.92 Å². The molecule has 108 valence electrons. The Hall–Kier alpha value is -1.58. The number of benzene rings is 1. The van der Waals surface area contributed by atoms with Crippen LogP contribution >= 0.6 is 23.2 Å². The summed E-state index contributed by atoms with van der Waals surface area (Å²) in [5.74, 6) is 0.0976. The third-order valence-corrected chi connectivity index (χ3v) is 4.52. The summed E-state index contributed by atoms with van der Waals surface area (Å²) in [5.41, 5.74) is 2.68. The summed E-state index contributed by atoms with van der Waals surface area (Å²) in [4.78, 5) is 15.7. The molecule has 0 bridgehead atoms. The van der Waals surface area contributed by atoms with Crippen molar-refractivity contribution in [1.82, 2.24) is 10.3 Å². The second-order valence-electron chi connectivity index (χ2n) is 5.11. The zero-order valence-corrected chi connectivity index (χ0v) is 12.8. The van der Waals surface area contributed by atoms with E-state index in [1.807, 2.05) is 24.3 Å². The maximum absolute atomic E-state index is 11.7. The molecule has 1 aliphatic rings. The number of rotatable bonds is 3. The number of hydrogen-bond donors (Lipinski definition) is 1. The molecule has 1 fully saturated rings. The number of pyridine rings is 1. The predicted octanol–water partition coefficient (Wildman–Crippen LogP) is 3.73. The Labute approximate surface area is 133 Å². The molecule has 0 spiro atoms. The van der Waals surface area contributed by atoms with E-state index in [1.54, 1.807) is 12.4 Å². The highest BCUT2D eigenvalue weighted by Gasteiger charge is 2.25. The molecule has 0 saturated carbocycles. The van der Waals surface area contributed by atoms with Gasteiger partial charge in [-0.2, -0.15) is 0 Å². The summed E-state index contributed by atoms with van der Waals surface area (Å²) in [6.45, 7) is 0.742. The third-order valence-electron chi connectivity index (χ3n) is 3.77. The molecule has 2 aromatic rings. The van der Waals surface area contributed by atoms with Gasteiger partial charge in [0.05, 0.1) is 5.02 Å². The van der Waals surface area contributed by atoms with Crippen LogP contribution in [0, 0.1) is 5.92 Å². The zero-order valence-electron chi connectivity index (χ0n) is 11.3. The topological polar surface area (TPSA) is 42.0 Å². The first-order chi connectivity index (χ1) is 10.2. The first-order valence-electron chi connectivity index (χ1n) is 6.82. The molecule has 0 radical (unpaired) electrons. The molecule has 3 nitrogen and oxygen atoms in total. The Bertz CT molecular complexity index is 673. The van der Waals surface area contributed by atoms with E-state index in [0.717, 1.165) is 29.7 Å². The molecule has 21 heavy (non-hydrogen) atoms. The molecule has 1 aromatic carbocycles. The molecule has 0 aliphatic carbocycles. The smallest absolute Gasteiger partial charge is 0.223 e.